The van der Waals surface area contributed by atoms with Gasteiger partial charge in [-0.15, -0.1) is 0 Å². The quantitative estimate of drug-likeness (QED) is 0.915. The number of hydrogen-bond acceptors (Lipinski definition) is 2. The van der Waals surface area contributed by atoms with Gasteiger partial charge in [0.15, 0.2) is 0 Å². The van der Waals surface area contributed by atoms with E-state index in [4.69, 9.17) is 17.3 Å². The van der Waals surface area contributed by atoms with E-state index in [1.54, 1.807) is 0 Å². The molecule has 1 heterocycles. The molecule has 104 valence electrons. The lowest BCUT2D eigenvalue weighted by molar-refractivity contribution is 0.0701. The van der Waals surface area contributed by atoms with Gasteiger partial charge in [-0.05, 0) is 55.8 Å². The highest BCUT2D eigenvalue weighted by atomic mass is 35.5. The lowest BCUT2D eigenvalue weighted by Gasteiger charge is -2.42. The number of benzene rings is 1. The second-order valence-electron chi connectivity index (χ2n) is 5.94. The van der Waals surface area contributed by atoms with Crippen molar-refractivity contribution in [3.63, 3.8) is 0 Å². The van der Waals surface area contributed by atoms with Crippen molar-refractivity contribution in [2.24, 2.45) is 11.7 Å². The van der Waals surface area contributed by atoms with Crippen LogP contribution in [0.25, 0.3) is 0 Å². The number of halogens is 1. The van der Waals surface area contributed by atoms with Gasteiger partial charge in [-0.1, -0.05) is 30.2 Å². The summed E-state index contributed by atoms with van der Waals surface area (Å²) in [5.41, 5.74) is 7.36. The van der Waals surface area contributed by atoms with Crippen molar-refractivity contribution in [2.45, 2.75) is 44.2 Å². The number of piperidine rings is 1. The van der Waals surface area contributed by atoms with Gasteiger partial charge in [0.2, 0.25) is 0 Å². The van der Waals surface area contributed by atoms with Crippen LogP contribution in [0.2, 0.25) is 5.02 Å². The molecular formula is C16H23ClN2. The first-order valence-electron chi connectivity index (χ1n) is 7.51. The second kappa shape index (κ2) is 5.82. The van der Waals surface area contributed by atoms with Gasteiger partial charge in [0, 0.05) is 23.7 Å². The number of hydrogen-bond donors (Lipinski definition) is 1. The van der Waals surface area contributed by atoms with Crippen LogP contribution < -0.4 is 5.73 Å². The molecule has 1 saturated carbocycles. The van der Waals surface area contributed by atoms with Gasteiger partial charge in [0.1, 0.15) is 0 Å². The summed E-state index contributed by atoms with van der Waals surface area (Å²) in [7, 11) is 0. The molecule has 1 aromatic rings. The van der Waals surface area contributed by atoms with E-state index >= 15 is 0 Å². The zero-order valence-electron chi connectivity index (χ0n) is 11.4. The maximum Gasteiger partial charge on any atom is 0.0474 e. The average Bonchev–Trinajstić information content (AvgIpc) is 2.89. The minimum Gasteiger partial charge on any atom is -0.329 e. The normalized spacial score (nSPS) is 29.2. The van der Waals surface area contributed by atoms with Crippen molar-refractivity contribution in [2.75, 3.05) is 13.1 Å². The molecule has 1 aliphatic carbocycles. The first-order valence-corrected chi connectivity index (χ1v) is 7.88. The monoisotopic (exact) mass is 278 g/mol. The van der Waals surface area contributed by atoms with E-state index in [2.05, 4.69) is 17.0 Å². The fourth-order valence-electron chi connectivity index (χ4n) is 4.06. The van der Waals surface area contributed by atoms with Gasteiger partial charge in [-0.2, -0.15) is 0 Å². The van der Waals surface area contributed by atoms with Gasteiger partial charge in [-0.25, -0.2) is 0 Å². The summed E-state index contributed by atoms with van der Waals surface area (Å²) in [5.74, 6) is 0.905. The van der Waals surface area contributed by atoms with Crippen LogP contribution in [0.3, 0.4) is 0 Å². The molecule has 2 aliphatic rings. The number of rotatable bonds is 3. The van der Waals surface area contributed by atoms with E-state index in [1.165, 1.54) is 44.2 Å². The van der Waals surface area contributed by atoms with Gasteiger partial charge >= 0.3 is 0 Å². The predicted molar refractivity (Wildman–Crippen MR) is 80.3 cm³/mol. The Morgan fingerprint density at radius 2 is 2.11 bits per heavy atom. The molecule has 3 atom stereocenters. The van der Waals surface area contributed by atoms with Crippen LogP contribution in [-0.2, 0) is 0 Å². The summed E-state index contributed by atoms with van der Waals surface area (Å²) in [6.45, 7) is 1.87. The number of likely N-dealkylation sites (tertiary alicyclic amines) is 1. The zero-order chi connectivity index (χ0) is 13.2. The van der Waals surface area contributed by atoms with Crippen LogP contribution >= 0.6 is 11.6 Å². The molecule has 3 rings (SSSR count). The summed E-state index contributed by atoms with van der Waals surface area (Å²) >= 11 is 6.14. The standard InChI is InChI=1S/C16H23ClN2/c17-14-7-1-5-13(10-14)16(11-18)19-9-3-6-12-4-2-8-15(12)19/h1,5,7,10,12,15-16H,2-4,6,8-9,11,18H2. The van der Waals surface area contributed by atoms with Gasteiger partial charge in [0.05, 0.1) is 0 Å². The van der Waals surface area contributed by atoms with Gasteiger partial charge < -0.3 is 5.73 Å². The molecule has 1 aromatic carbocycles. The highest BCUT2D eigenvalue weighted by Crippen LogP contribution is 2.40. The van der Waals surface area contributed by atoms with Crippen molar-refractivity contribution in [1.29, 1.82) is 0 Å². The third-order valence-corrected chi connectivity index (χ3v) is 5.13. The molecule has 1 saturated heterocycles. The lowest BCUT2D eigenvalue weighted by atomic mass is 9.89. The van der Waals surface area contributed by atoms with Gasteiger partial charge in [-0.3, -0.25) is 4.90 Å². The smallest absolute Gasteiger partial charge is 0.0474 e. The Kier molecular flexibility index (Phi) is 4.11. The molecule has 0 spiro atoms. The molecule has 0 amide bonds. The third kappa shape index (κ3) is 2.67. The van der Waals surface area contributed by atoms with Crippen LogP contribution in [0.5, 0.6) is 0 Å². The Labute approximate surface area is 120 Å². The first-order chi connectivity index (χ1) is 9.29. The molecule has 2 fully saturated rings. The van der Waals surface area contributed by atoms with Gasteiger partial charge in [0.25, 0.3) is 0 Å². The first kappa shape index (κ1) is 13.4. The van der Waals surface area contributed by atoms with Crippen molar-refractivity contribution in [3.05, 3.63) is 34.9 Å². The number of fused-ring (bicyclic) bond motifs is 1. The maximum absolute atomic E-state index is 6.14. The van der Waals surface area contributed by atoms with Crippen molar-refractivity contribution < 1.29 is 0 Å². The fraction of sp³-hybridized carbons (Fsp3) is 0.625. The fourth-order valence-corrected chi connectivity index (χ4v) is 4.25. The predicted octanol–water partition coefficient (Wildman–Crippen LogP) is 3.60. The third-order valence-electron chi connectivity index (χ3n) is 4.89. The Morgan fingerprint density at radius 3 is 2.89 bits per heavy atom. The molecule has 3 unspecified atom stereocenters. The van der Waals surface area contributed by atoms with Crippen LogP contribution in [0.4, 0.5) is 0 Å². The van der Waals surface area contributed by atoms with Crippen LogP contribution in [-0.4, -0.2) is 24.0 Å². The van der Waals surface area contributed by atoms with Crippen LogP contribution in [0, 0.1) is 5.92 Å². The van der Waals surface area contributed by atoms with E-state index in [-0.39, 0.29) is 0 Å². The molecule has 2 nitrogen and oxygen atoms in total. The van der Waals surface area contributed by atoms with E-state index in [1.807, 2.05) is 12.1 Å². The van der Waals surface area contributed by atoms with E-state index in [0.29, 0.717) is 12.6 Å². The highest BCUT2D eigenvalue weighted by molar-refractivity contribution is 6.30. The minimum atomic E-state index is 0.338. The van der Waals surface area contributed by atoms with Crippen molar-refractivity contribution in [1.82, 2.24) is 4.90 Å². The van der Waals surface area contributed by atoms with E-state index in [0.717, 1.165) is 17.0 Å². The summed E-state index contributed by atoms with van der Waals surface area (Å²) in [5, 5.41) is 0.816. The molecule has 2 N–H and O–H groups in total. The minimum absolute atomic E-state index is 0.338. The Balaban J connectivity index is 1.85. The van der Waals surface area contributed by atoms with E-state index in [9.17, 15) is 0 Å². The molecule has 0 aromatic heterocycles. The largest absolute Gasteiger partial charge is 0.329 e. The summed E-state index contributed by atoms with van der Waals surface area (Å²) in [6, 6.07) is 9.31. The molecule has 1 aliphatic heterocycles. The van der Waals surface area contributed by atoms with E-state index < -0.39 is 0 Å². The Hall–Kier alpha value is -0.570. The van der Waals surface area contributed by atoms with Crippen LogP contribution in [0.1, 0.15) is 43.7 Å². The number of nitrogens with zero attached hydrogens (tertiary/aromatic N) is 1. The second-order valence-corrected chi connectivity index (χ2v) is 6.38. The Bertz CT molecular complexity index is 435. The van der Waals surface area contributed by atoms with Crippen LogP contribution in [0.15, 0.2) is 24.3 Å². The molecule has 19 heavy (non-hydrogen) atoms. The zero-order valence-corrected chi connectivity index (χ0v) is 12.1. The topological polar surface area (TPSA) is 29.3 Å². The Morgan fingerprint density at radius 1 is 1.26 bits per heavy atom. The molecule has 3 heteroatoms. The number of nitrogens with two attached hydrogens (primary N) is 1. The summed E-state index contributed by atoms with van der Waals surface area (Å²) < 4.78 is 0. The summed E-state index contributed by atoms with van der Waals surface area (Å²) in [4.78, 5) is 2.66. The molecular weight excluding hydrogens is 256 g/mol. The average molecular weight is 279 g/mol. The lowest BCUT2D eigenvalue weighted by Crippen LogP contribution is -2.46. The van der Waals surface area contributed by atoms with Crippen molar-refractivity contribution in [3.8, 4) is 0 Å². The maximum atomic E-state index is 6.14. The highest BCUT2D eigenvalue weighted by Gasteiger charge is 2.38. The summed E-state index contributed by atoms with van der Waals surface area (Å²) in [6.07, 6.45) is 6.88. The molecule has 0 radical (unpaired) electrons. The van der Waals surface area contributed by atoms with Crippen molar-refractivity contribution >= 4 is 11.6 Å². The molecule has 0 bridgehead atoms. The SMILES string of the molecule is NCC(c1cccc(Cl)c1)N1CCCC2CCCC21.